The van der Waals surface area contributed by atoms with Crippen LogP contribution in [0.15, 0.2) is 0 Å². The van der Waals surface area contributed by atoms with Crippen LogP contribution in [0.5, 0.6) is 0 Å². The van der Waals surface area contributed by atoms with Gasteiger partial charge in [0.15, 0.2) is 0 Å². The monoisotopic (exact) mass is 227 g/mol. The number of nitrogens with zero attached hydrogens (tertiary/aromatic N) is 1. The molecule has 1 amide bonds. The zero-order chi connectivity index (χ0) is 11.8. The first-order valence-corrected chi connectivity index (χ1v) is 6.38. The zero-order valence-electron chi connectivity index (χ0n) is 10.4. The van der Waals surface area contributed by atoms with Gasteiger partial charge < -0.3 is 16.0 Å². The van der Waals surface area contributed by atoms with E-state index < -0.39 is 0 Å². The molecule has 2 aliphatic heterocycles. The largest absolute Gasteiger partial charge is 0.369 e. The maximum absolute atomic E-state index is 10.5. The predicted molar refractivity (Wildman–Crippen MR) is 66.1 cm³/mol. The normalized spacial score (nSPS) is 26.7. The van der Waals surface area contributed by atoms with Crippen molar-refractivity contribution in [3.63, 3.8) is 0 Å². The topological polar surface area (TPSA) is 58.4 Å². The summed E-state index contributed by atoms with van der Waals surface area (Å²) in [5.74, 6) is -0.0825. The Balaban J connectivity index is 0.000000165. The smallest absolute Gasteiger partial charge is 0.221 e. The first-order chi connectivity index (χ1) is 7.70. The number of nitrogens with one attached hydrogen (secondary N) is 1. The van der Waals surface area contributed by atoms with Crippen LogP contribution in [0.4, 0.5) is 0 Å². The molecular formula is C12H25N3O. The lowest BCUT2D eigenvalue weighted by Crippen LogP contribution is -2.37. The molecule has 0 bridgehead atoms. The molecule has 1 unspecified atom stereocenters. The number of hydrogen-bond donors (Lipinski definition) is 2. The van der Waals surface area contributed by atoms with Gasteiger partial charge in [0.25, 0.3) is 0 Å². The van der Waals surface area contributed by atoms with Crippen LogP contribution in [0.1, 0.15) is 32.1 Å². The second-order valence-corrected chi connectivity index (χ2v) is 4.81. The van der Waals surface area contributed by atoms with E-state index in [1.807, 2.05) is 0 Å². The van der Waals surface area contributed by atoms with Gasteiger partial charge in [-0.3, -0.25) is 4.79 Å². The highest BCUT2D eigenvalue weighted by atomic mass is 16.1. The Morgan fingerprint density at radius 1 is 1.25 bits per heavy atom. The third-order valence-corrected chi connectivity index (χ3v) is 3.28. The van der Waals surface area contributed by atoms with Crippen LogP contribution in [0, 0.1) is 5.92 Å². The quantitative estimate of drug-likeness (QED) is 0.688. The molecule has 3 N–H and O–H groups in total. The van der Waals surface area contributed by atoms with E-state index in [-0.39, 0.29) is 11.8 Å². The fourth-order valence-corrected chi connectivity index (χ4v) is 2.15. The average molecular weight is 227 g/mol. The van der Waals surface area contributed by atoms with Gasteiger partial charge >= 0.3 is 0 Å². The van der Waals surface area contributed by atoms with E-state index in [1.54, 1.807) is 0 Å². The summed E-state index contributed by atoms with van der Waals surface area (Å²) in [4.78, 5) is 12.9. The molecular weight excluding hydrogens is 202 g/mol. The molecule has 94 valence electrons. The van der Waals surface area contributed by atoms with E-state index in [2.05, 4.69) is 17.3 Å². The summed E-state index contributed by atoms with van der Waals surface area (Å²) >= 11 is 0. The molecule has 0 radical (unpaired) electrons. The van der Waals surface area contributed by atoms with E-state index in [9.17, 15) is 4.79 Å². The van der Waals surface area contributed by atoms with Crippen molar-refractivity contribution in [1.29, 1.82) is 0 Å². The maximum Gasteiger partial charge on any atom is 0.221 e. The molecule has 2 heterocycles. The molecule has 4 heteroatoms. The van der Waals surface area contributed by atoms with Crippen molar-refractivity contribution in [3.05, 3.63) is 0 Å². The lowest BCUT2D eigenvalue weighted by Gasteiger charge is -2.20. The van der Waals surface area contributed by atoms with E-state index >= 15 is 0 Å². The minimum Gasteiger partial charge on any atom is -0.369 e. The molecule has 2 saturated heterocycles. The summed E-state index contributed by atoms with van der Waals surface area (Å²) in [7, 11) is 2.19. The molecule has 0 aromatic rings. The van der Waals surface area contributed by atoms with Gasteiger partial charge in [-0.15, -0.1) is 0 Å². The number of amides is 1. The van der Waals surface area contributed by atoms with Crippen LogP contribution in [-0.2, 0) is 4.79 Å². The SMILES string of the molecule is CN1CCCCC1.NC(=O)C1CCCNC1. The third kappa shape index (κ3) is 5.47. The molecule has 0 aromatic carbocycles. The van der Waals surface area contributed by atoms with E-state index in [1.165, 1.54) is 32.4 Å². The van der Waals surface area contributed by atoms with Gasteiger partial charge in [0, 0.05) is 6.54 Å². The standard InChI is InChI=1S/C6H12N2O.C6H13N/c7-6(9)5-2-1-3-8-4-5;1-7-5-3-2-4-6-7/h5,8H,1-4H2,(H2,7,9);2-6H2,1H3. The molecule has 2 rings (SSSR count). The fourth-order valence-electron chi connectivity index (χ4n) is 2.15. The van der Waals surface area contributed by atoms with Gasteiger partial charge in [0.2, 0.25) is 5.91 Å². The Hall–Kier alpha value is -0.610. The summed E-state index contributed by atoms with van der Waals surface area (Å²) in [6.45, 7) is 4.44. The number of rotatable bonds is 1. The Kier molecular flexibility index (Phi) is 6.42. The first kappa shape index (κ1) is 13.5. The van der Waals surface area contributed by atoms with Crippen LogP contribution in [0.2, 0.25) is 0 Å². The van der Waals surface area contributed by atoms with Gasteiger partial charge in [-0.1, -0.05) is 6.42 Å². The van der Waals surface area contributed by atoms with Crippen molar-refractivity contribution in [2.75, 3.05) is 33.2 Å². The minimum atomic E-state index is -0.165. The van der Waals surface area contributed by atoms with Crippen molar-refractivity contribution in [2.24, 2.45) is 11.7 Å². The summed E-state index contributed by atoms with van der Waals surface area (Å²) in [6, 6.07) is 0. The molecule has 0 aromatic heterocycles. The summed E-state index contributed by atoms with van der Waals surface area (Å²) in [5.41, 5.74) is 5.09. The average Bonchev–Trinajstić information content (AvgIpc) is 2.32. The Morgan fingerprint density at radius 2 is 1.94 bits per heavy atom. The summed E-state index contributed by atoms with van der Waals surface area (Å²) in [5, 5.41) is 3.12. The summed E-state index contributed by atoms with van der Waals surface area (Å²) in [6.07, 6.45) is 6.31. The minimum absolute atomic E-state index is 0.0822. The molecule has 4 nitrogen and oxygen atoms in total. The number of hydrogen-bond acceptors (Lipinski definition) is 3. The van der Waals surface area contributed by atoms with Crippen LogP contribution >= 0.6 is 0 Å². The first-order valence-electron chi connectivity index (χ1n) is 6.38. The summed E-state index contributed by atoms with van der Waals surface area (Å²) < 4.78 is 0. The van der Waals surface area contributed by atoms with Gasteiger partial charge in [-0.25, -0.2) is 0 Å². The molecule has 0 saturated carbocycles. The van der Waals surface area contributed by atoms with Gasteiger partial charge in [0.1, 0.15) is 0 Å². The third-order valence-electron chi connectivity index (χ3n) is 3.28. The number of piperidine rings is 2. The lowest BCUT2D eigenvalue weighted by molar-refractivity contribution is -0.122. The van der Waals surface area contributed by atoms with Crippen LogP contribution in [0.3, 0.4) is 0 Å². The number of carbonyl (C=O) groups excluding carboxylic acids is 1. The van der Waals surface area contributed by atoms with E-state index in [0.717, 1.165) is 25.9 Å². The highest BCUT2D eigenvalue weighted by molar-refractivity contribution is 5.76. The number of nitrogens with two attached hydrogens (primary N) is 1. The molecule has 2 aliphatic rings. The van der Waals surface area contributed by atoms with Crippen molar-refractivity contribution >= 4 is 5.91 Å². The van der Waals surface area contributed by atoms with Crippen molar-refractivity contribution in [3.8, 4) is 0 Å². The number of primary amides is 1. The van der Waals surface area contributed by atoms with Gasteiger partial charge in [0.05, 0.1) is 5.92 Å². The second kappa shape index (κ2) is 7.63. The lowest BCUT2D eigenvalue weighted by atomic mass is 9.99. The molecule has 0 aliphatic carbocycles. The Morgan fingerprint density at radius 3 is 2.25 bits per heavy atom. The van der Waals surface area contributed by atoms with Crippen molar-refractivity contribution < 1.29 is 4.79 Å². The number of carbonyl (C=O) groups is 1. The second-order valence-electron chi connectivity index (χ2n) is 4.81. The van der Waals surface area contributed by atoms with Crippen molar-refractivity contribution in [2.45, 2.75) is 32.1 Å². The molecule has 0 spiro atoms. The maximum atomic E-state index is 10.5. The Bertz CT molecular complexity index is 196. The molecule has 2 fully saturated rings. The van der Waals surface area contributed by atoms with Crippen molar-refractivity contribution in [1.82, 2.24) is 10.2 Å². The van der Waals surface area contributed by atoms with Gasteiger partial charge in [-0.05, 0) is 52.4 Å². The van der Waals surface area contributed by atoms with E-state index in [0.29, 0.717) is 0 Å². The predicted octanol–water partition coefficient (Wildman–Crippen LogP) is 0.573. The van der Waals surface area contributed by atoms with Gasteiger partial charge in [-0.2, -0.15) is 0 Å². The van der Waals surface area contributed by atoms with Crippen LogP contribution < -0.4 is 11.1 Å². The number of likely N-dealkylation sites (tertiary alicyclic amines) is 1. The highest BCUT2D eigenvalue weighted by Crippen LogP contribution is 2.07. The zero-order valence-corrected chi connectivity index (χ0v) is 10.4. The van der Waals surface area contributed by atoms with Crippen LogP contribution in [-0.4, -0.2) is 44.0 Å². The molecule has 16 heavy (non-hydrogen) atoms. The molecule has 1 atom stereocenters. The Labute approximate surface area is 98.6 Å². The highest BCUT2D eigenvalue weighted by Gasteiger charge is 2.17. The van der Waals surface area contributed by atoms with Crippen LogP contribution in [0.25, 0.3) is 0 Å². The van der Waals surface area contributed by atoms with E-state index in [4.69, 9.17) is 5.73 Å². The fraction of sp³-hybridized carbons (Fsp3) is 0.917.